The Morgan fingerprint density at radius 3 is 3.12 bits per heavy atom. The first-order valence-electron chi connectivity index (χ1n) is 9.27. The number of thioether (sulfide) groups is 1. The summed E-state index contributed by atoms with van der Waals surface area (Å²) in [6.45, 7) is 4.58. The zero-order valence-electron chi connectivity index (χ0n) is 15.3. The maximum Gasteiger partial charge on any atom is 0.191 e. The summed E-state index contributed by atoms with van der Waals surface area (Å²) in [7, 11) is 0. The summed E-state index contributed by atoms with van der Waals surface area (Å²) in [4.78, 5) is 15.5. The molecule has 140 valence electrons. The van der Waals surface area contributed by atoms with E-state index in [0.29, 0.717) is 12.4 Å². The van der Waals surface area contributed by atoms with Crippen molar-refractivity contribution >= 4 is 23.4 Å². The average Bonchev–Trinajstić information content (AvgIpc) is 2.67. The Labute approximate surface area is 159 Å². The van der Waals surface area contributed by atoms with Crippen molar-refractivity contribution in [1.29, 1.82) is 0 Å². The number of anilines is 2. The van der Waals surface area contributed by atoms with E-state index >= 15 is 0 Å². The molecule has 1 aliphatic heterocycles. The molecule has 2 aromatic rings. The molecule has 3 rings (SSSR count). The van der Waals surface area contributed by atoms with E-state index < -0.39 is 0 Å². The number of ether oxygens (including phenoxy) is 1. The number of aromatic nitrogens is 3. The van der Waals surface area contributed by atoms with Crippen LogP contribution >= 0.6 is 11.8 Å². The van der Waals surface area contributed by atoms with Gasteiger partial charge in [-0.2, -0.15) is 0 Å². The second kappa shape index (κ2) is 9.73. The van der Waals surface area contributed by atoms with Gasteiger partial charge in [-0.3, -0.25) is 4.98 Å². The van der Waals surface area contributed by atoms with Crippen LogP contribution in [0.25, 0.3) is 0 Å². The van der Waals surface area contributed by atoms with Crippen molar-refractivity contribution in [2.45, 2.75) is 50.5 Å². The number of hydrogen-bond acceptors (Lipinski definition) is 7. The van der Waals surface area contributed by atoms with Crippen LogP contribution in [0.3, 0.4) is 0 Å². The molecule has 0 saturated carbocycles. The number of piperidine rings is 1. The van der Waals surface area contributed by atoms with Gasteiger partial charge in [0, 0.05) is 37.3 Å². The van der Waals surface area contributed by atoms with Crippen LogP contribution in [0.4, 0.5) is 11.6 Å². The lowest BCUT2D eigenvalue weighted by atomic mass is 10.1. The molecule has 2 N–H and O–H groups in total. The average molecular weight is 374 g/mol. The highest BCUT2D eigenvalue weighted by molar-refractivity contribution is 7.99. The van der Waals surface area contributed by atoms with Crippen molar-refractivity contribution in [3.05, 3.63) is 36.2 Å². The lowest BCUT2D eigenvalue weighted by Gasteiger charge is -2.33. The third-order valence-corrected chi connectivity index (χ3v) is 5.29. The summed E-state index contributed by atoms with van der Waals surface area (Å²) >= 11 is 1.68. The van der Waals surface area contributed by atoms with Crippen molar-refractivity contribution in [2.24, 2.45) is 0 Å². The van der Waals surface area contributed by atoms with Gasteiger partial charge in [0.2, 0.25) is 0 Å². The summed E-state index contributed by atoms with van der Waals surface area (Å²) in [6.07, 6.45) is 8.30. The van der Waals surface area contributed by atoms with E-state index in [1.807, 2.05) is 24.4 Å². The zero-order valence-corrected chi connectivity index (χ0v) is 16.1. The predicted molar refractivity (Wildman–Crippen MR) is 106 cm³/mol. The van der Waals surface area contributed by atoms with E-state index in [9.17, 15) is 0 Å². The predicted octanol–water partition coefficient (Wildman–Crippen LogP) is 3.53. The topological polar surface area (TPSA) is 77.2 Å². The Hall–Kier alpha value is -1.86. The third-order valence-electron chi connectivity index (χ3n) is 4.35. The minimum absolute atomic E-state index is 0.191. The number of rotatable bonds is 8. The minimum atomic E-state index is 0.191. The number of nitrogen functional groups attached to an aromatic ring is 1. The minimum Gasteiger partial charge on any atom is -0.383 e. The highest BCUT2D eigenvalue weighted by Crippen LogP contribution is 2.25. The van der Waals surface area contributed by atoms with Gasteiger partial charge < -0.3 is 15.4 Å². The molecule has 0 radical (unpaired) electrons. The van der Waals surface area contributed by atoms with Crippen LogP contribution in [-0.4, -0.2) is 39.9 Å². The Kier molecular flexibility index (Phi) is 7.08. The van der Waals surface area contributed by atoms with E-state index in [1.54, 1.807) is 18.0 Å². The van der Waals surface area contributed by atoms with Crippen LogP contribution in [0.2, 0.25) is 0 Å². The first kappa shape index (κ1) is 18.9. The number of pyridine rings is 1. The van der Waals surface area contributed by atoms with Crippen LogP contribution in [0, 0.1) is 0 Å². The summed E-state index contributed by atoms with van der Waals surface area (Å²) in [5, 5.41) is 0.770. The van der Waals surface area contributed by atoms with Gasteiger partial charge in [-0.1, -0.05) is 31.2 Å². The highest BCUT2D eigenvalue weighted by Gasteiger charge is 2.22. The molecular weight excluding hydrogens is 346 g/mol. The molecule has 1 saturated heterocycles. The highest BCUT2D eigenvalue weighted by atomic mass is 32.2. The smallest absolute Gasteiger partial charge is 0.191 e. The fourth-order valence-electron chi connectivity index (χ4n) is 2.94. The van der Waals surface area contributed by atoms with Crippen molar-refractivity contribution < 1.29 is 4.74 Å². The SMILES string of the molecule is CCCCSc1nc(N)cc(N2CCC[C@@H](OCc3cccnc3)C2)n1. The van der Waals surface area contributed by atoms with E-state index in [-0.39, 0.29) is 6.10 Å². The third kappa shape index (κ3) is 5.57. The number of nitrogens with two attached hydrogens (primary N) is 1. The van der Waals surface area contributed by atoms with Gasteiger partial charge in [0.1, 0.15) is 11.6 Å². The Balaban J connectivity index is 1.59. The zero-order chi connectivity index (χ0) is 18.2. The standard InChI is InChI=1S/C19H27N5OS/c1-2-3-10-26-19-22-17(20)11-18(23-19)24-9-5-7-16(13-24)25-14-15-6-4-8-21-12-15/h4,6,8,11-12,16H,2-3,5,7,9-10,13-14H2,1H3,(H2,20,22,23)/t16-/m1/s1. The quantitative estimate of drug-likeness (QED) is 0.431. The van der Waals surface area contributed by atoms with Crippen LogP contribution < -0.4 is 10.6 Å². The number of unbranched alkanes of at least 4 members (excludes halogenated alkanes) is 1. The largest absolute Gasteiger partial charge is 0.383 e. The van der Waals surface area contributed by atoms with Crippen molar-refractivity contribution in [3.63, 3.8) is 0 Å². The molecule has 3 heterocycles. The van der Waals surface area contributed by atoms with Gasteiger partial charge in [0.15, 0.2) is 5.16 Å². The van der Waals surface area contributed by atoms with Crippen LogP contribution in [-0.2, 0) is 11.3 Å². The second-order valence-corrected chi connectivity index (χ2v) is 7.58. The molecule has 1 fully saturated rings. The molecule has 1 aliphatic rings. The molecule has 0 spiro atoms. The summed E-state index contributed by atoms with van der Waals surface area (Å²) in [5.74, 6) is 2.47. The Morgan fingerprint density at radius 2 is 2.31 bits per heavy atom. The second-order valence-electron chi connectivity index (χ2n) is 6.52. The molecule has 0 amide bonds. The Morgan fingerprint density at radius 1 is 1.38 bits per heavy atom. The fourth-order valence-corrected chi connectivity index (χ4v) is 3.89. The van der Waals surface area contributed by atoms with E-state index in [2.05, 4.69) is 21.8 Å². The van der Waals surface area contributed by atoms with Crippen LogP contribution in [0.1, 0.15) is 38.2 Å². The maximum absolute atomic E-state index is 6.10. The van der Waals surface area contributed by atoms with Gasteiger partial charge in [-0.05, 0) is 30.9 Å². The summed E-state index contributed by atoms with van der Waals surface area (Å²) in [5.41, 5.74) is 7.11. The monoisotopic (exact) mass is 373 g/mol. The molecule has 1 atom stereocenters. The molecule has 0 aliphatic carbocycles. The summed E-state index contributed by atoms with van der Waals surface area (Å²) < 4.78 is 6.10. The van der Waals surface area contributed by atoms with E-state index in [0.717, 1.165) is 54.6 Å². The lowest BCUT2D eigenvalue weighted by molar-refractivity contribution is 0.0313. The van der Waals surface area contributed by atoms with E-state index in [1.165, 1.54) is 6.42 Å². The van der Waals surface area contributed by atoms with Gasteiger partial charge >= 0.3 is 0 Å². The summed E-state index contributed by atoms with van der Waals surface area (Å²) in [6, 6.07) is 5.85. The number of hydrogen-bond donors (Lipinski definition) is 1. The van der Waals surface area contributed by atoms with Gasteiger partial charge in [-0.25, -0.2) is 9.97 Å². The normalized spacial score (nSPS) is 17.4. The molecular formula is C19H27N5OS. The maximum atomic E-state index is 6.10. The molecule has 0 bridgehead atoms. The molecule has 26 heavy (non-hydrogen) atoms. The first-order chi connectivity index (χ1) is 12.7. The molecule has 0 unspecified atom stereocenters. The molecule has 7 heteroatoms. The molecule has 6 nitrogen and oxygen atoms in total. The number of nitrogens with zero attached hydrogens (tertiary/aromatic N) is 4. The van der Waals surface area contributed by atoms with Gasteiger partial charge in [0.05, 0.1) is 12.7 Å². The van der Waals surface area contributed by atoms with E-state index in [4.69, 9.17) is 15.5 Å². The van der Waals surface area contributed by atoms with Crippen molar-refractivity contribution in [2.75, 3.05) is 29.5 Å². The van der Waals surface area contributed by atoms with Gasteiger partial charge in [0.25, 0.3) is 0 Å². The van der Waals surface area contributed by atoms with Crippen LogP contribution in [0.15, 0.2) is 35.7 Å². The van der Waals surface area contributed by atoms with Crippen molar-refractivity contribution in [3.8, 4) is 0 Å². The first-order valence-corrected chi connectivity index (χ1v) is 10.3. The lowest BCUT2D eigenvalue weighted by Crippen LogP contribution is -2.40. The van der Waals surface area contributed by atoms with Crippen molar-refractivity contribution in [1.82, 2.24) is 15.0 Å². The Bertz CT molecular complexity index is 685. The van der Waals surface area contributed by atoms with Gasteiger partial charge in [-0.15, -0.1) is 0 Å². The fraction of sp³-hybridized carbons (Fsp3) is 0.526. The molecule has 2 aromatic heterocycles. The van der Waals surface area contributed by atoms with Crippen LogP contribution in [0.5, 0.6) is 0 Å². The molecule has 0 aromatic carbocycles.